The summed E-state index contributed by atoms with van der Waals surface area (Å²) in [5.74, 6) is -0.817. The van der Waals surface area contributed by atoms with E-state index < -0.39 is 16.0 Å². The average molecular weight is 456 g/mol. The zero-order valence-corrected chi connectivity index (χ0v) is 17.5. The van der Waals surface area contributed by atoms with E-state index in [0.717, 1.165) is 17.3 Å². The lowest BCUT2D eigenvalue weighted by molar-refractivity contribution is 0.0697. The molecule has 0 atom stereocenters. The van der Waals surface area contributed by atoms with Gasteiger partial charge in [0.25, 0.3) is 10.0 Å². The number of anilines is 2. The van der Waals surface area contributed by atoms with Gasteiger partial charge in [-0.1, -0.05) is 29.3 Å². The van der Waals surface area contributed by atoms with E-state index >= 15 is 0 Å². The molecule has 0 bridgehead atoms. The third-order valence-electron chi connectivity index (χ3n) is 3.94. The number of nitrogens with zero attached hydrogens (tertiary/aromatic N) is 2. The number of hydrogen-bond donors (Lipinski definition) is 2. The van der Waals surface area contributed by atoms with Crippen LogP contribution in [0.5, 0.6) is 0 Å². The van der Waals surface area contributed by atoms with Crippen LogP contribution in [0, 0.1) is 0 Å². The van der Waals surface area contributed by atoms with Crippen LogP contribution in [0.4, 0.5) is 11.5 Å². The van der Waals surface area contributed by atoms with Crippen molar-refractivity contribution in [3.8, 4) is 0 Å². The summed E-state index contributed by atoms with van der Waals surface area (Å²) < 4.78 is 28.1. The number of aromatic nitrogens is 1. The Bertz CT molecular complexity index is 901. The van der Waals surface area contributed by atoms with Gasteiger partial charge in [-0.15, -0.1) is 0 Å². The first-order chi connectivity index (χ1) is 12.8. The minimum absolute atomic E-state index is 0.0380. The molecule has 0 saturated carbocycles. The van der Waals surface area contributed by atoms with Crippen molar-refractivity contribution in [1.82, 2.24) is 4.98 Å². The molecule has 1 aromatic carbocycles. The molecule has 1 heterocycles. The molecule has 9 heteroatoms. The lowest BCUT2D eigenvalue weighted by Crippen LogP contribution is -2.27. The maximum absolute atomic E-state index is 12.5. The second-order valence-electron chi connectivity index (χ2n) is 5.89. The fourth-order valence-corrected chi connectivity index (χ4v) is 3.81. The number of nitrogens with one attached hydrogen (secondary N) is 1. The Labute approximate surface area is 167 Å². The van der Waals surface area contributed by atoms with Gasteiger partial charge in [0.05, 0.1) is 16.8 Å². The van der Waals surface area contributed by atoms with E-state index in [1.54, 1.807) is 12.1 Å². The van der Waals surface area contributed by atoms with Crippen LogP contribution < -0.4 is 9.62 Å². The highest BCUT2D eigenvalue weighted by Gasteiger charge is 2.20. The van der Waals surface area contributed by atoms with E-state index in [1.165, 1.54) is 24.4 Å². The Morgan fingerprint density at radius 2 is 1.93 bits per heavy atom. The van der Waals surface area contributed by atoms with Crippen molar-refractivity contribution in [3.05, 3.63) is 46.6 Å². The Morgan fingerprint density at radius 1 is 1.26 bits per heavy atom. The highest BCUT2D eigenvalue weighted by Crippen LogP contribution is 2.24. The molecule has 146 valence electrons. The number of rotatable bonds is 9. The molecular formula is C18H22BrN3O4S. The quantitative estimate of drug-likeness (QED) is 0.593. The lowest BCUT2D eigenvalue weighted by Gasteiger charge is -2.23. The molecular weight excluding hydrogens is 434 g/mol. The second-order valence-corrected chi connectivity index (χ2v) is 8.49. The van der Waals surface area contributed by atoms with Gasteiger partial charge >= 0.3 is 5.97 Å². The highest BCUT2D eigenvalue weighted by atomic mass is 79.9. The number of hydrogen-bond acceptors (Lipinski definition) is 5. The summed E-state index contributed by atoms with van der Waals surface area (Å²) in [4.78, 5) is 17.9. The van der Waals surface area contributed by atoms with E-state index in [1.807, 2.05) is 11.8 Å². The van der Waals surface area contributed by atoms with Crippen molar-refractivity contribution < 1.29 is 18.3 Å². The SMILES string of the molecule is CCCCN(CC)c1ncc(NS(=O)(=O)c2ccc(Br)cc2)cc1C(=O)O. The highest BCUT2D eigenvalue weighted by molar-refractivity contribution is 9.10. The molecule has 0 spiro atoms. The van der Waals surface area contributed by atoms with Crippen molar-refractivity contribution in [2.24, 2.45) is 0 Å². The van der Waals surface area contributed by atoms with Crippen molar-refractivity contribution >= 4 is 43.4 Å². The minimum Gasteiger partial charge on any atom is -0.478 e. The third-order valence-corrected chi connectivity index (χ3v) is 5.86. The minimum atomic E-state index is -3.84. The first kappa shape index (κ1) is 21.2. The number of carboxylic acids is 1. The van der Waals surface area contributed by atoms with Gasteiger partial charge in [-0.25, -0.2) is 18.2 Å². The molecule has 0 unspecified atom stereocenters. The third kappa shape index (κ3) is 5.43. The molecule has 2 rings (SSSR count). The molecule has 27 heavy (non-hydrogen) atoms. The Morgan fingerprint density at radius 3 is 2.48 bits per heavy atom. The number of aromatic carboxylic acids is 1. The maximum Gasteiger partial charge on any atom is 0.339 e. The summed E-state index contributed by atoms with van der Waals surface area (Å²) >= 11 is 3.26. The van der Waals surface area contributed by atoms with Crippen LogP contribution in [0.25, 0.3) is 0 Å². The molecule has 0 radical (unpaired) electrons. The second kappa shape index (κ2) is 9.18. The average Bonchev–Trinajstić information content (AvgIpc) is 2.63. The van der Waals surface area contributed by atoms with Gasteiger partial charge in [-0.2, -0.15) is 0 Å². The lowest BCUT2D eigenvalue weighted by atomic mass is 10.2. The molecule has 0 aliphatic carbocycles. The number of pyridine rings is 1. The van der Waals surface area contributed by atoms with Gasteiger partial charge in [-0.3, -0.25) is 4.72 Å². The molecule has 7 nitrogen and oxygen atoms in total. The van der Waals surface area contributed by atoms with Crippen molar-refractivity contribution in [2.45, 2.75) is 31.6 Å². The van der Waals surface area contributed by atoms with Crippen molar-refractivity contribution in [2.75, 3.05) is 22.7 Å². The summed E-state index contributed by atoms with van der Waals surface area (Å²) in [6.07, 6.45) is 3.23. The standard InChI is InChI=1S/C18H22BrN3O4S/c1-3-5-10-22(4-2)17-16(18(23)24)11-14(12-20-17)21-27(25,26)15-8-6-13(19)7-9-15/h6-9,11-12,21H,3-5,10H2,1-2H3,(H,23,24). The van der Waals surface area contributed by atoms with Gasteiger partial charge < -0.3 is 10.0 Å². The molecule has 2 aromatic rings. The monoisotopic (exact) mass is 455 g/mol. The van der Waals surface area contributed by atoms with Gasteiger partial charge in [0.15, 0.2) is 0 Å². The Hall–Kier alpha value is -2.13. The molecule has 1 aromatic heterocycles. The smallest absolute Gasteiger partial charge is 0.339 e. The zero-order chi connectivity index (χ0) is 20.0. The summed E-state index contributed by atoms with van der Waals surface area (Å²) in [5.41, 5.74) is 0.0644. The first-order valence-corrected chi connectivity index (χ1v) is 10.8. The molecule has 0 aliphatic rings. The van der Waals surface area contributed by atoms with E-state index in [4.69, 9.17) is 0 Å². The summed E-state index contributed by atoms with van der Waals surface area (Å²) in [5, 5.41) is 9.56. The number of unbranched alkanes of at least 4 members (excludes halogenated alkanes) is 1. The summed E-state index contributed by atoms with van der Waals surface area (Å²) in [6, 6.07) is 7.44. The Kier molecular flexibility index (Phi) is 7.20. The van der Waals surface area contributed by atoms with Crippen LogP contribution in [0.3, 0.4) is 0 Å². The van der Waals surface area contributed by atoms with Crippen LogP contribution in [0.2, 0.25) is 0 Å². The van der Waals surface area contributed by atoms with Crippen LogP contribution in [-0.4, -0.2) is 37.6 Å². The molecule has 0 saturated heterocycles. The van der Waals surface area contributed by atoms with Gasteiger partial charge in [-0.05, 0) is 43.7 Å². The van der Waals surface area contributed by atoms with E-state index in [2.05, 4.69) is 32.6 Å². The molecule has 0 amide bonds. The predicted octanol–water partition coefficient (Wildman–Crippen LogP) is 3.97. The van der Waals surface area contributed by atoms with Crippen LogP contribution >= 0.6 is 15.9 Å². The predicted molar refractivity (Wildman–Crippen MR) is 109 cm³/mol. The maximum atomic E-state index is 12.5. The van der Waals surface area contributed by atoms with E-state index in [0.29, 0.717) is 18.9 Å². The van der Waals surface area contributed by atoms with Crippen LogP contribution in [0.15, 0.2) is 45.9 Å². The van der Waals surface area contributed by atoms with E-state index in [9.17, 15) is 18.3 Å². The Balaban J connectivity index is 2.34. The van der Waals surface area contributed by atoms with Crippen LogP contribution in [-0.2, 0) is 10.0 Å². The van der Waals surface area contributed by atoms with Crippen LogP contribution in [0.1, 0.15) is 37.0 Å². The molecule has 0 fully saturated rings. The number of carbonyl (C=O) groups is 1. The largest absolute Gasteiger partial charge is 0.478 e. The summed E-state index contributed by atoms with van der Waals surface area (Å²) in [6.45, 7) is 5.27. The topological polar surface area (TPSA) is 99.6 Å². The summed E-state index contributed by atoms with van der Waals surface area (Å²) in [7, 11) is -3.84. The molecule has 0 aliphatic heterocycles. The first-order valence-electron chi connectivity index (χ1n) is 8.55. The number of benzene rings is 1. The van der Waals surface area contributed by atoms with Crippen molar-refractivity contribution in [1.29, 1.82) is 0 Å². The van der Waals surface area contributed by atoms with Crippen molar-refractivity contribution in [3.63, 3.8) is 0 Å². The number of carboxylic acid groups (broad SMARTS) is 1. The normalized spacial score (nSPS) is 11.2. The number of halogens is 1. The van der Waals surface area contributed by atoms with Gasteiger partial charge in [0.1, 0.15) is 11.4 Å². The number of sulfonamides is 1. The zero-order valence-electron chi connectivity index (χ0n) is 15.1. The van der Waals surface area contributed by atoms with Gasteiger partial charge in [0.2, 0.25) is 0 Å². The van der Waals surface area contributed by atoms with Gasteiger partial charge in [0, 0.05) is 17.6 Å². The molecule has 2 N–H and O–H groups in total. The fourth-order valence-electron chi connectivity index (χ4n) is 2.51. The van der Waals surface area contributed by atoms with E-state index in [-0.39, 0.29) is 16.1 Å². The fraction of sp³-hybridized carbons (Fsp3) is 0.333.